The molecule has 2 heterocycles. The predicted octanol–water partition coefficient (Wildman–Crippen LogP) is 4.19. The van der Waals surface area contributed by atoms with Crippen LogP contribution < -0.4 is 4.74 Å². The number of rotatable bonds is 2. The zero-order valence-electron chi connectivity index (χ0n) is 11.8. The zero-order chi connectivity index (χ0) is 17.5. The minimum atomic E-state index is -4.86. The van der Waals surface area contributed by atoms with Gasteiger partial charge in [0.2, 0.25) is 6.10 Å². The minimum absolute atomic E-state index is 0.0714. The van der Waals surface area contributed by atoms with Gasteiger partial charge >= 0.3 is 12.1 Å². The maximum atomic E-state index is 13.2. The Kier molecular flexibility index (Phi) is 3.96. The van der Waals surface area contributed by atoms with Crippen molar-refractivity contribution in [2.24, 2.45) is 0 Å². The highest BCUT2D eigenvalue weighted by molar-refractivity contribution is 6.31. The number of halogens is 4. The van der Waals surface area contributed by atoms with Crippen molar-refractivity contribution < 1.29 is 27.8 Å². The number of benzene rings is 1. The number of ether oxygens (including phenoxy) is 1. The molecule has 8 heteroatoms. The molecule has 1 N–H and O–H groups in total. The number of aliphatic carboxylic acids is 1. The maximum Gasteiger partial charge on any atom is 0.430 e. The number of pyridine rings is 1. The Bertz CT molecular complexity index is 834. The van der Waals surface area contributed by atoms with Gasteiger partial charge < -0.3 is 9.84 Å². The van der Waals surface area contributed by atoms with Crippen LogP contribution in [0.3, 0.4) is 0 Å². The molecule has 0 bridgehead atoms. The van der Waals surface area contributed by atoms with Crippen molar-refractivity contribution in [1.82, 2.24) is 4.98 Å². The third-order valence-corrected chi connectivity index (χ3v) is 3.67. The Morgan fingerprint density at radius 1 is 1.25 bits per heavy atom. The Hall–Kier alpha value is -2.54. The first-order valence-electron chi connectivity index (χ1n) is 6.69. The van der Waals surface area contributed by atoms with Crippen molar-refractivity contribution in [2.75, 3.05) is 0 Å². The smallest absolute Gasteiger partial charge is 0.430 e. The van der Waals surface area contributed by atoms with Gasteiger partial charge in [-0.1, -0.05) is 11.6 Å². The topological polar surface area (TPSA) is 59.4 Å². The van der Waals surface area contributed by atoms with Crippen molar-refractivity contribution in [3.63, 3.8) is 0 Å². The van der Waals surface area contributed by atoms with E-state index in [-0.39, 0.29) is 16.3 Å². The molecule has 1 aliphatic heterocycles. The van der Waals surface area contributed by atoms with E-state index < -0.39 is 23.8 Å². The number of aromatic nitrogens is 1. The lowest BCUT2D eigenvalue weighted by Gasteiger charge is -2.28. The second-order valence-electron chi connectivity index (χ2n) is 5.05. The van der Waals surface area contributed by atoms with Crippen LogP contribution in [0.2, 0.25) is 5.02 Å². The summed E-state index contributed by atoms with van der Waals surface area (Å²) in [6, 6.07) is 6.00. The molecule has 4 nitrogen and oxygen atoms in total. The van der Waals surface area contributed by atoms with E-state index in [1.807, 2.05) is 0 Å². The van der Waals surface area contributed by atoms with Crippen molar-refractivity contribution in [3.8, 4) is 16.9 Å². The molecule has 1 unspecified atom stereocenters. The normalized spacial score (nSPS) is 16.8. The minimum Gasteiger partial charge on any atom is -0.478 e. The SMILES string of the molecule is O=C(O)C1=Cc2cc(Cl)cc(-c3ccncc3)c2OC1C(F)(F)F. The fourth-order valence-corrected chi connectivity index (χ4v) is 2.67. The van der Waals surface area contributed by atoms with Gasteiger partial charge in [0.25, 0.3) is 0 Å². The van der Waals surface area contributed by atoms with E-state index in [1.54, 1.807) is 12.1 Å². The van der Waals surface area contributed by atoms with Gasteiger partial charge in [-0.05, 0) is 35.9 Å². The van der Waals surface area contributed by atoms with Crippen LogP contribution in [-0.4, -0.2) is 28.3 Å². The van der Waals surface area contributed by atoms with Gasteiger partial charge in [-0.15, -0.1) is 0 Å². The fourth-order valence-electron chi connectivity index (χ4n) is 2.44. The lowest BCUT2D eigenvalue weighted by molar-refractivity contribution is -0.187. The van der Waals surface area contributed by atoms with E-state index in [2.05, 4.69) is 4.98 Å². The lowest BCUT2D eigenvalue weighted by atomic mass is 9.96. The molecular weight excluding hydrogens is 347 g/mol. The highest BCUT2D eigenvalue weighted by atomic mass is 35.5. The van der Waals surface area contributed by atoms with Gasteiger partial charge in [0.05, 0.1) is 5.57 Å². The van der Waals surface area contributed by atoms with Gasteiger partial charge in [-0.2, -0.15) is 13.2 Å². The van der Waals surface area contributed by atoms with Crippen LogP contribution in [0, 0.1) is 0 Å². The van der Waals surface area contributed by atoms with E-state index in [1.165, 1.54) is 24.5 Å². The number of alkyl halides is 3. The highest BCUT2D eigenvalue weighted by Crippen LogP contribution is 2.43. The van der Waals surface area contributed by atoms with Crippen molar-refractivity contribution in [2.45, 2.75) is 12.3 Å². The summed E-state index contributed by atoms with van der Waals surface area (Å²) in [5.74, 6) is -1.77. The number of nitrogens with zero attached hydrogens (tertiary/aromatic N) is 1. The Morgan fingerprint density at radius 2 is 1.92 bits per heavy atom. The first-order chi connectivity index (χ1) is 11.3. The van der Waals surface area contributed by atoms with Crippen molar-refractivity contribution in [3.05, 3.63) is 52.8 Å². The van der Waals surface area contributed by atoms with Gasteiger partial charge in [0.1, 0.15) is 5.75 Å². The van der Waals surface area contributed by atoms with Crippen molar-refractivity contribution in [1.29, 1.82) is 0 Å². The molecule has 3 rings (SSSR count). The van der Waals surface area contributed by atoms with E-state index in [0.29, 0.717) is 11.1 Å². The maximum absolute atomic E-state index is 13.2. The second kappa shape index (κ2) is 5.83. The van der Waals surface area contributed by atoms with Crippen LogP contribution in [0.25, 0.3) is 17.2 Å². The molecule has 0 spiro atoms. The third kappa shape index (κ3) is 2.94. The Labute approximate surface area is 139 Å². The summed E-state index contributed by atoms with van der Waals surface area (Å²) in [6.45, 7) is 0. The van der Waals surface area contributed by atoms with Crippen LogP contribution in [0.1, 0.15) is 5.56 Å². The first kappa shape index (κ1) is 16.3. The summed E-state index contributed by atoms with van der Waals surface area (Å²) in [6.07, 6.45) is -3.52. The molecule has 0 saturated heterocycles. The summed E-state index contributed by atoms with van der Waals surface area (Å²) in [4.78, 5) is 15.0. The number of carboxylic acid groups (broad SMARTS) is 1. The number of fused-ring (bicyclic) bond motifs is 1. The first-order valence-corrected chi connectivity index (χ1v) is 7.07. The monoisotopic (exact) mass is 355 g/mol. The summed E-state index contributed by atoms with van der Waals surface area (Å²) >= 11 is 6.02. The predicted molar refractivity (Wildman–Crippen MR) is 80.8 cm³/mol. The van der Waals surface area contributed by atoms with Gasteiger partial charge in [0.15, 0.2) is 0 Å². The fraction of sp³-hybridized carbons (Fsp3) is 0.125. The second-order valence-corrected chi connectivity index (χ2v) is 5.49. The lowest BCUT2D eigenvalue weighted by Crippen LogP contribution is -2.40. The van der Waals surface area contributed by atoms with Gasteiger partial charge in [-0.25, -0.2) is 4.79 Å². The van der Waals surface area contributed by atoms with Crippen LogP contribution in [0.5, 0.6) is 5.75 Å². The third-order valence-electron chi connectivity index (χ3n) is 3.45. The summed E-state index contributed by atoms with van der Waals surface area (Å²) in [5.41, 5.74) is 0.164. The quantitative estimate of drug-likeness (QED) is 0.877. The largest absolute Gasteiger partial charge is 0.478 e. The number of hydrogen-bond donors (Lipinski definition) is 1. The number of hydrogen-bond acceptors (Lipinski definition) is 3. The average molecular weight is 356 g/mol. The molecular formula is C16H9ClF3NO3. The molecule has 0 amide bonds. The van der Waals surface area contributed by atoms with E-state index in [9.17, 15) is 18.0 Å². The molecule has 0 aliphatic carbocycles. The molecule has 124 valence electrons. The van der Waals surface area contributed by atoms with Gasteiger partial charge in [-0.3, -0.25) is 4.98 Å². The molecule has 0 fully saturated rings. The summed E-state index contributed by atoms with van der Waals surface area (Å²) in [5, 5.41) is 9.31. The van der Waals surface area contributed by atoms with Crippen LogP contribution >= 0.6 is 11.6 Å². The molecule has 1 aliphatic rings. The summed E-state index contributed by atoms with van der Waals surface area (Å²) in [7, 11) is 0. The molecule has 0 radical (unpaired) electrons. The Morgan fingerprint density at radius 3 is 2.50 bits per heavy atom. The Balaban J connectivity index is 2.23. The molecule has 1 aromatic heterocycles. The number of carboxylic acids is 1. The molecule has 1 aromatic carbocycles. The molecule has 0 saturated carbocycles. The van der Waals surface area contributed by atoms with Crippen LogP contribution in [-0.2, 0) is 4.79 Å². The van der Waals surface area contributed by atoms with Crippen molar-refractivity contribution >= 4 is 23.6 Å². The average Bonchev–Trinajstić information content (AvgIpc) is 2.52. The number of carbonyl (C=O) groups is 1. The highest BCUT2D eigenvalue weighted by Gasteiger charge is 2.48. The van der Waals surface area contributed by atoms with E-state index in [0.717, 1.165) is 6.08 Å². The standard InChI is InChI=1S/C16H9ClF3NO3/c17-10-5-9-6-12(15(22)23)14(16(18,19)20)24-13(9)11(7-10)8-1-3-21-4-2-8/h1-7,14H,(H,22,23). The van der Waals surface area contributed by atoms with Crippen LogP contribution in [0.15, 0.2) is 42.2 Å². The summed E-state index contributed by atoms with van der Waals surface area (Å²) < 4.78 is 44.6. The zero-order valence-corrected chi connectivity index (χ0v) is 12.6. The van der Waals surface area contributed by atoms with E-state index in [4.69, 9.17) is 21.4 Å². The molecule has 24 heavy (non-hydrogen) atoms. The van der Waals surface area contributed by atoms with Crippen LogP contribution in [0.4, 0.5) is 13.2 Å². The van der Waals surface area contributed by atoms with E-state index >= 15 is 0 Å². The molecule has 2 aromatic rings. The van der Waals surface area contributed by atoms with Gasteiger partial charge in [0, 0.05) is 28.5 Å². The molecule has 1 atom stereocenters.